The minimum atomic E-state index is -0.927. The molecule has 6 nitrogen and oxygen atoms in total. The average Bonchev–Trinajstić information content (AvgIpc) is 3.04. The van der Waals surface area contributed by atoms with Crippen LogP contribution in [0.2, 0.25) is 0 Å². The van der Waals surface area contributed by atoms with Crippen LogP contribution in [-0.2, 0) is 11.4 Å². The van der Waals surface area contributed by atoms with Gasteiger partial charge in [0.15, 0.2) is 5.84 Å². The molecule has 2 heterocycles. The Balaban J connectivity index is 1.61. The van der Waals surface area contributed by atoms with Gasteiger partial charge in [0.05, 0.1) is 17.9 Å². The molecule has 6 heteroatoms. The standard InChI is InChI=1S/C20H19N3O3/c1-12-10-21-19(23-26-11-13-5-3-2-4-6-13)18-17(12)15-9-14(20(24)25)7-8-16(15)22-18/h2-9,12,22H,10-11H2,1H3,(H,21,23)(H,24,25). The summed E-state index contributed by atoms with van der Waals surface area (Å²) >= 11 is 0. The summed E-state index contributed by atoms with van der Waals surface area (Å²) in [5, 5.41) is 10.2. The number of aliphatic imine (C=N–C) groups is 1. The number of H-pyrrole nitrogens is 1. The van der Waals surface area contributed by atoms with Gasteiger partial charge in [0.1, 0.15) is 0 Å². The summed E-state index contributed by atoms with van der Waals surface area (Å²) in [5.41, 5.74) is 7.12. The summed E-state index contributed by atoms with van der Waals surface area (Å²) in [5.74, 6) is -0.0897. The van der Waals surface area contributed by atoms with Crippen molar-refractivity contribution < 1.29 is 14.7 Å². The van der Waals surface area contributed by atoms with Crippen LogP contribution >= 0.6 is 0 Å². The number of nitrogens with zero attached hydrogens (tertiary/aromatic N) is 1. The Morgan fingerprint density at radius 1 is 1.31 bits per heavy atom. The number of aromatic carboxylic acids is 1. The number of hydrogen-bond donors (Lipinski definition) is 3. The molecule has 0 radical (unpaired) electrons. The van der Waals surface area contributed by atoms with E-state index in [1.165, 1.54) is 0 Å². The molecule has 1 unspecified atom stereocenters. The predicted octanol–water partition coefficient (Wildman–Crippen LogP) is 3.45. The van der Waals surface area contributed by atoms with E-state index >= 15 is 0 Å². The largest absolute Gasteiger partial charge is 0.478 e. The molecule has 3 aromatic rings. The number of rotatable bonds is 4. The van der Waals surface area contributed by atoms with E-state index in [0.717, 1.165) is 27.7 Å². The quantitative estimate of drug-likeness (QED) is 0.630. The van der Waals surface area contributed by atoms with Gasteiger partial charge in [0.2, 0.25) is 0 Å². The topological polar surface area (TPSA) is 86.7 Å². The van der Waals surface area contributed by atoms with Gasteiger partial charge in [-0.15, -0.1) is 0 Å². The normalized spacial score (nSPS) is 16.2. The fraction of sp³-hybridized carbons (Fsp3) is 0.200. The lowest BCUT2D eigenvalue weighted by atomic mass is 9.94. The lowest BCUT2D eigenvalue weighted by Gasteiger charge is -2.19. The van der Waals surface area contributed by atoms with Crippen molar-refractivity contribution in [2.45, 2.75) is 19.4 Å². The van der Waals surface area contributed by atoms with Crippen LogP contribution < -0.4 is 5.48 Å². The van der Waals surface area contributed by atoms with Crippen molar-refractivity contribution in [3.05, 3.63) is 70.9 Å². The number of carboxylic acids is 1. The average molecular weight is 349 g/mol. The van der Waals surface area contributed by atoms with Gasteiger partial charge in [0.25, 0.3) is 0 Å². The van der Waals surface area contributed by atoms with Crippen LogP contribution in [0.15, 0.2) is 53.5 Å². The molecule has 132 valence electrons. The maximum absolute atomic E-state index is 11.3. The van der Waals surface area contributed by atoms with E-state index in [9.17, 15) is 9.90 Å². The van der Waals surface area contributed by atoms with Gasteiger partial charge in [-0.05, 0) is 29.3 Å². The summed E-state index contributed by atoms with van der Waals surface area (Å²) in [4.78, 5) is 24.8. The van der Waals surface area contributed by atoms with Crippen molar-refractivity contribution in [2.24, 2.45) is 4.99 Å². The van der Waals surface area contributed by atoms with E-state index in [-0.39, 0.29) is 11.5 Å². The van der Waals surface area contributed by atoms with E-state index in [1.54, 1.807) is 18.2 Å². The minimum absolute atomic E-state index is 0.197. The Bertz CT molecular complexity index is 992. The van der Waals surface area contributed by atoms with Crippen molar-refractivity contribution >= 4 is 22.7 Å². The number of carbonyl (C=O) groups is 1. The highest BCUT2D eigenvalue weighted by Gasteiger charge is 2.25. The molecular formula is C20H19N3O3. The SMILES string of the molecule is CC1CN=C(NOCc2ccccc2)c2[nH]c3ccc(C(=O)O)cc3c21. The first-order valence-corrected chi connectivity index (χ1v) is 8.49. The van der Waals surface area contributed by atoms with Crippen molar-refractivity contribution in [1.29, 1.82) is 0 Å². The molecule has 4 rings (SSSR count). The zero-order valence-electron chi connectivity index (χ0n) is 14.3. The van der Waals surface area contributed by atoms with E-state index in [4.69, 9.17) is 4.84 Å². The minimum Gasteiger partial charge on any atom is -0.478 e. The summed E-state index contributed by atoms with van der Waals surface area (Å²) < 4.78 is 0. The van der Waals surface area contributed by atoms with E-state index in [0.29, 0.717) is 19.0 Å². The number of carboxylic acid groups (broad SMARTS) is 1. The van der Waals surface area contributed by atoms with Gasteiger partial charge in [-0.2, -0.15) is 0 Å². The number of fused-ring (bicyclic) bond motifs is 3. The third-order valence-corrected chi connectivity index (χ3v) is 4.59. The van der Waals surface area contributed by atoms with E-state index in [1.807, 2.05) is 30.3 Å². The first-order valence-electron chi connectivity index (χ1n) is 8.49. The van der Waals surface area contributed by atoms with Gasteiger partial charge in [-0.3, -0.25) is 9.83 Å². The van der Waals surface area contributed by atoms with Crippen LogP contribution in [0.4, 0.5) is 0 Å². The van der Waals surface area contributed by atoms with Gasteiger partial charge < -0.3 is 10.1 Å². The number of benzene rings is 2. The molecule has 0 bridgehead atoms. The highest BCUT2D eigenvalue weighted by Crippen LogP contribution is 2.33. The molecule has 26 heavy (non-hydrogen) atoms. The maximum atomic E-state index is 11.3. The van der Waals surface area contributed by atoms with Crippen LogP contribution in [0.1, 0.15) is 40.0 Å². The van der Waals surface area contributed by atoms with Crippen LogP contribution in [0.5, 0.6) is 0 Å². The number of amidine groups is 1. The van der Waals surface area contributed by atoms with Crippen LogP contribution in [0.3, 0.4) is 0 Å². The third kappa shape index (κ3) is 2.95. The van der Waals surface area contributed by atoms with Gasteiger partial charge in [-0.25, -0.2) is 10.3 Å². The van der Waals surface area contributed by atoms with Crippen molar-refractivity contribution in [3.8, 4) is 0 Å². The fourth-order valence-electron chi connectivity index (χ4n) is 3.29. The second-order valence-corrected chi connectivity index (χ2v) is 6.45. The van der Waals surface area contributed by atoms with Gasteiger partial charge >= 0.3 is 5.97 Å². The molecular weight excluding hydrogens is 330 g/mol. The number of hydroxylamine groups is 1. The number of nitrogens with one attached hydrogen (secondary N) is 2. The number of hydrogen-bond acceptors (Lipinski definition) is 4. The van der Waals surface area contributed by atoms with E-state index in [2.05, 4.69) is 22.4 Å². The molecule has 0 aliphatic carbocycles. The van der Waals surface area contributed by atoms with Crippen molar-refractivity contribution in [1.82, 2.24) is 10.5 Å². The highest BCUT2D eigenvalue weighted by atomic mass is 16.6. The lowest BCUT2D eigenvalue weighted by Crippen LogP contribution is -2.29. The molecule has 1 aliphatic heterocycles. The Morgan fingerprint density at radius 3 is 2.88 bits per heavy atom. The molecule has 1 aromatic heterocycles. The highest BCUT2D eigenvalue weighted by molar-refractivity contribution is 6.06. The van der Waals surface area contributed by atoms with Gasteiger partial charge in [-0.1, -0.05) is 37.3 Å². The maximum Gasteiger partial charge on any atom is 0.335 e. The molecule has 1 atom stereocenters. The molecule has 0 fully saturated rings. The Morgan fingerprint density at radius 2 is 2.12 bits per heavy atom. The zero-order valence-corrected chi connectivity index (χ0v) is 14.3. The second-order valence-electron chi connectivity index (χ2n) is 6.45. The second kappa shape index (κ2) is 6.65. The van der Waals surface area contributed by atoms with Crippen molar-refractivity contribution in [3.63, 3.8) is 0 Å². The monoisotopic (exact) mass is 349 g/mol. The Hall–Kier alpha value is -3.12. The third-order valence-electron chi connectivity index (χ3n) is 4.59. The molecule has 0 amide bonds. The molecule has 2 aromatic carbocycles. The summed E-state index contributed by atoms with van der Waals surface area (Å²) in [7, 11) is 0. The smallest absolute Gasteiger partial charge is 0.335 e. The summed E-state index contributed by atoms with van der Waals surface area (Å²) in [6.07, 6.45) is 0. The van der Waals surface area contributed by atoms with Crippen molar-refractivity contribution in [2.75, 3.05) is 6.54 Å². The molecule has 0 saturated heterocycles. The van der Waals surface area contributed by atoms with E-state index < -0.39 is 5.97 Å². The lowest BCUT2D eigenvalue weighted by molar-refractivity contribution is 0.0697. The number of aromatic nitrogens is 1. The Kier molecular flexibility index (Phi) is 4.18. The van der Waals surface area contributed by atoms with Crippen LogP contribution in [-0.4, -0.2) is 28.4 Å². The fourth-order valence-corrected chi connectivity index (χ4v) is 3.29. The van der Waals surface area contributed by atoms with Gasteiger partial charge in [0, 0.05) is 23.4 Å². The molecule has 0 spiro atoms. The van der Waals surface area contributed by atoms with Crippen LogP contribution in [0, 0.1) is 0 Å². The summed E-state index contributed by atoms with van der Waals surface area (Å²) in [6, 6.07) is 15.0. The first kappa shape index (κ1) is 16.4. The molecule has 1 aliphatic rings. The van der Waals surface area contributed by atoms with Crippen LogP contribution in [0.25, 0.3) is 10.9 Å². The Labute approximate surface area is 150 Å². The summed E-state index contributed by atoms with van der Waals surface area (Å²) in [6.45, 7) is 3.13. The molecule has 0 saturated carbocycles. The predicted molar refractivity (Wildman–Crippen MR) is 99.4 cm³/mol. The number of aromatic amines is 1. The first-order chi connectivity index (χ1) is 12.6. The molecule has 3 N–H and O–H groups in total. The zero-order chi connectivity index (χ0) is 18.1.